The minimum atomic E-state index is -4.67. The molecule has 1 aromatic heterocycles. The van der Waals surface area contributed by atoms with Gasteiger partial charge in [0.05, 0.1) is 24.1 Å². The third kappa shape index (κ3) is 4.47. The molecule has 26 heavy (non-hydrogen) atoms. The summed E-state index contributed by atoms with van der Waals surface area (Å²) in [5, 5.41) is 15.4. The zero-order chi connectivity index (χ0) is 19.5. The molecule has 0 aliphatic carbocycles. The van der Waals surface area contributed by atoms with Crippen LogP contribution in [0.15, 0.2) is 10.6 Å². The third-order valence-corrected chi connectivity index (χ3v) is 4.74. The highest BCUT2D eigenvalue weighted by Gasteiger charge is 2.53. The predicted molar refractivity (Wildman–Crippen MR) is 84.3 cm³/mol. The lowest BCUT2D eigenvalue weighted by Crippen LogP contribution is -2.39. The number of nitrogens with zero attached hydrogens (tertiary/aromatic N) is 2. The molecule has 0 spiro atoms. The number of rotatable bonds is 6. The number of carboxylic acid groups (broad SMARTS) is 1. The fraction of sp³-hybridized carbons (Fsp3) is 0.688. The van der Waals surface area contributed by atoms with E-state index in [9.17, 15) is 22.8 Å². The van der Waals surface area contributed by atoms with Gasteiger partial charge in [0, 0.05) is 25.1 Å². The molecule has 2 rings (SSSR count). The number of aromatic nitrogens is 1. The molecule has 2 N–H and O–H groups in total. The average molecular weight is 377 g/mol. The van der Waals surface area contributed by atoms with Gasteiger partial charge in [-0.05, 0) is 12.8 Å². The molecule has 0 radical (unpaired) electrons. The summed E-state index contributed by atoms with van der Waals surface area (Å²) in [6, 6.07) is 0.948. The number of urea groups is 1. The third-order valence-electron chi connectivity index (χ3n) is 4.74. The van der Waals surface area contributed by atoms with Crippen LogP contribution in [0.5, 0.6) is 0 Å². The van der Waals surface area contributed by atoms with Crippen molar-refractivity contribution >= 4 is 12.0 Å². The fourth-order valence-electron chi connectivity index (χ4n) is 3.14. The Balaban J connectivity index is 1.95. The van der Waals surface area contributed by atoms with Crippen LogP contribution >= 0.6 is 0 Å². The van der Waals surface area contributed by atoms with Crippen LogP contribution in [0.4, 0.5) is 18.0 Å². The zero-order valence-corrected chi connectivity index (χ0v) is 14.5. The van der Waals surface area contributed by atoms with Crippen molar-refractivity contribution in [3.63, 3.8) is 0 Å². The molecule has 0 unspecified atom stereocenters. The Hall–Kier alpha value is -2.26. The minimum absolute atomic E-state index is 0.0308. The van der Waals surface area contributed by atoms with Crippen molar-refractivity contribution in [2.24, 2.45) is 11.8 Å². The standard InChI is InChI=1S/C16H22F3N3O4/c1-3-9(4-2)13-5-10(26-21-13)6-20-15(25)22-7-11(14(23)24)12(8-22)16(17,18)19/h5,9,11-12H,3-4,6-8H2,1-2H3,(H,20,25)(H,23,24)/t11-,12-/m1/s1. The first-order valence-electron chi connectivity index (χ1n) is 8.45. The second-order valence-corrected chi connectivity index (χ2v) is 6.39. The van der Waals surface area contributed by atoms with Gasteiger partial charge >= 0.3 is 18.2 Å². The highest BCUT2D eigenvalue weighted by atomic mass is 19.4. The van der Waals surface area contributed by atoms with Gasteiger partial charge in [0.25, 0.3) is 0 Å². The van der Waals surface area contributed by atoms with Crippen molar-refractivity contribution in [2.75, 3.05) is 13.1 Å². The van der Waals surface area contributed by atoms with Gasteiger partial charge < -0.3 is 19.8 Å². The van der Waals surface area contributed by atoms with Crippen molar-refractivity contribution in [3.8, 4) is 0 Å². The predicted octanol–water partition coefficient (Wildman–Crippen LogP) is 2.98. The lowest BCUT2D eigenvalue weighted by atomic mass is 9.96. The van der Waals surface area contributed by atoms with E-state index >= 15 is 0 Å². The maximum absolute atomic E-state index is 13.0. The molecule has 1 aliphatic rings. The first-order chi connectivity index (χ1) is 12.2. The number of aliphatic carboxylic acids is 1. The topological polar surface area (TPSA) is 95.7 Å². The van der Waals surface area contributed by atoms with Crippen LogP contribution in [-0.4, -0.2) is 46.4 Å². The maximum atomic E-state index is 13.0. The van der Waals surface area contributed by atoms with Gasteiger partial charge in [0.2, 0.25) is 0 Å². The number of carbonyl (C=O) groups excluding carboxylic acids is 1. The molecule has 0 aromatic carbocycles. The molecule has 7 nitrogen and oxygen atoms in total. The Labute approximate surface area is 148 Å². The smallest absolute Gasteiger partial charge is 0.394 e. The van der Waals surface area contributed by atoms with E-state index in [-0.39, 0.29) is 12.5 Å². The lowest BCUT2D eigenvalue weighted by molar-refractivity contribution is -0.187. The number of carboxylic acids is 1. The Morgan fingerprint density at radius 3 is 2.54 bits per heavy atom. The molecule has 0 bridgehead atoms. The number of carbonyl (C=O) groups is 2. The molecule has 1 saturated heterocycles. The molecule has 1 fully saturated rings. The van der Waals surface area contributed by atoms with Crippen molar-refractivity contribution < 1.29 is 32.4 Å². The van der Waals surface area contributed by atoms with Gasteiger partial charge in [-0.3, -0.25) is 4.79 Å². The summed E-state index contributed by atoms with van der Waals surface area (Å²) in [7, 11) is 0. The first kappa shape index (κ1) is 20.1. The van der Waals surface area contributed by atoms with Gasteiger partial charge in [0.15, 0.2) is 5.76 Å². The summed E-state index contributed by atoms with van der Waals surface area (Å²) in [5.74, 6) is -4.66. The molecule has 146 valence electrons. The number of hydrogen-bond acceptors (Lipinski definition) is 4. The lowest BCUT2D eigenvalue weighted by Gasteiger charge is -2.18. The van der Waals surface area contributed by atoms with Gasteiger partial charge in [-0.25, -0.2) is 4.79 Å². The van der Waals surface area contributed by atoms with E-state index in [2.05, 4.69) is 10.5 Å². The fourth-order valence-corrected chi connectivity index (χ4v) is 3.14. The summed E-state index contributed by atoms with van der Waals surface area (Å²) in [4.78, 5) is 24.0. The monoisotopic (exact) mass is 377 g/mol. The SMILES string of the molecule is CCC(CC)c1cc(CNC(=O)N2C[C@@H](C(F)(F)F)[C@H](C(=O)O)C2)on1. The van der Waals surface area contributed by atoms with Gasteiger partial charge in [-0.15, -0.1) is 0 Å². The van der Waals surface area contributed by atoms with E-state index in [4.69, 9.17) is 9.63 Å². The van der Waals surface area contributed by atoms with Crippen LogP contribution in [0.3, 0.4) is 0 Å². The second-order valence-electron chi connectivity index (χ2n) is 6.39. The maximum Gasteiger partial charge on any atom is 0.394 e. The van der Waals surface area contributed by atoms with Crippen LogP contribution in [-0.2, 0) is 11.3 Å². The number of nitrogens with one attached hydrogen (secondary N) is 1. The number of amides is 2. The molecule has 2 atom stereocenters. The largest absolute Gasteiger partial charge is 0.481 e. The minimum Gasteiger partial charge on any atom is -0.481 e. The molecule has 1 aliphatic heterocycles. The van der Waals surface area contributed by atoms with Crippen molar-refractivity contribution in [2.45, 2.75) is 45.3 Å². The van der Waals surface area contributed by atoms with Crippen LogP contribution in [0, 0.1) is 11.8 Å². The molecule has 10 heteroatoms. The molecule has 0 saturated carbocycles. The molecular weight excluding hydrogens is 355 g/mol. The quantitative estimate of drug-likeness (QED) is 0.795. The normalized spacial score (nSPS) is 20.6. The molecule has 2 heterocycles. The Morgan fingerprint density at radius 2 is 2.04 bits per heavy atom. The second kappa shape index (κ2) is 7.96. The van der Waals surface area contributed by atoms with E-state index in [1.165, 1.54) is 0 Å². The number of halogens is 3. The zero-order valence-electron chi connectivity index (χ0n) is 14.5. The highest BCUT2D eigenvalue weighted by Crippen LogP contribution is 2.37. The van der Waals surface area contributed by atoms with E-state index in [0.29, 0.717) is 5.76 Å². The van der Waals surface area contributed by atoms with Crippen LogP contribution in [0.1, 0.15) is 44.1 Å². The van der Waals surface area contributed by atoms with E-state index < -0.39 is 43.1 Å². The van der Waals surface area contributed by atoms with Crippen molar-refractivity contribution in [1.82, 2.24) is 15.4 Å². The summed E-state index contributed by atoms with van der Waals surface area (Å²) >= 11 is 0. The van der Waals surface area contributed by atoms with Gasteiger partial charge in [-0.1, -0.05) is 19.0 Å². The van der Waals surface area contributed by atoms with E-state index in [1.54, 1.807) is 6.07 Å². The van der Waals surface area contributed by atoms with Crippen LogP contribution < -0.4 is 5.32 Å². The first-order valence-corrected chi connectivity index (χ1v) is 8.45. The van der Waals surface area contributed by atoms with Gasteiger partial charge in [-0.2, -0.15) is 13.2 Å². The van der Waals surface area contributed by atoms with Crippen molar-refractivity contribution in [1.29, 1.82) is 0 Å². The number of alkyl halides is 3. The molecular formula is C16H22F3N3O4. The summed E-state index contributed by atoms with van der Waals surface area (Å²) in [5.41, 5.74) is 0.767. The van der Waals surface area contributed by atoms with Crippen LogP contribution in [0.25, 0.3) is 0 Å². The Bertz CT molecular complexity index is 643. The van der Waals surface area contributed by atoms with Crippen LogP contribution in [0.2, 0.25) is 0 Å². The van der Waals surface area contributed by atoms with E-state index in [0.717, 1.165) is 23.4 Å². The van der Waals surface area contributed by atoms with Crippen molar-refractivity contribution in [3.05, 3.63) is 17.5 Å². The molecule has 2 amide bonds. The number of likely N-dealkylation sites (tertiary alicyclic amines) is 1. The Kier molecular flexibility index (Phi) is 6.14. The van der Waals surface area contributed by atoms with Gasteiger partial charge in [0.1, 0.15) is 0 Å². The highest BCUT2D eigenvalue weighted by molar-refractivity contribution is 5.77. The molecule has 1 aromatic rings. The summed E-state index contributed by atoms with van der Waals surface area (Å²) < 4.78 is 44.0. The number of hydrogen-bond donors (Lipinski definition) is 2. The Morgan fingerprint density at radius 1 is 1.38 bits per heavy atom. The average Bonchev–Trinajstić information content (AvgIpc) is 3.21. The van der Waals surface area contributed by atoms with E-state index in [1.807, 2.05) is 13.8 Å². The summed E-state index contributed by atoms with van der Waals surface area (Å²) in [6.45, 7) is 2.85. The summed E-state index contributed by atoms with van der Waals surface area (Å²) in [6.07, 6.45) is -2.90.